The third-order valence-corrected chi connectivity index (χ3v) is 3.56. The van der Waals surface area contributed by atoms with Gasteiger partial charge in [-0.05, 0) is 46.8 Å². The maximum absolute atomic E-state index is 9.21. The highest BCUT2D eigenvalue weighted by Gasteiger charge is 2.25. The Hall–Kier alpha value is -1.45. The van der Waals surface area contributed by atoms with E-state index in [1.54, 1.807) is 0 Å². The Morgan fingerprint density at radius 2 is 2.24 bits per heavy atom. The predicted molar refractivity (Wildman–Crippen MR) is 72.6 cm³/mol. The van der Waals surface area contributed by atoms with Gasteiger partial charge < -0.3 is 4.90 Å². The van der Waals surface area contributed by atoms with Gasteiger partial charge in [0.05, 0.1) is 17.8 Å². The molecule has 86 valence electrons. The van der Waals surface area contributed by atoms with E-state index in [9.17, 15) is 5.26 Å². The van der Waals surface area contributed by atoms with Crippen molar-refractivity contribution in [3.8, 4) is 18.4 Å². The fourth-order valence-corrected chi connectivity index (χ4v) is 2.30. The molecule has 1 aliphatic rings. The summed E-state index contributed by atoms with van der Waals surface area (Å²) < 4.78 is 0.829. The van der Waals surface area contributed by atoms with Gasteiger partial charge in [0.1, 0.15) is 6.07 Å². The minimum atomic E-state index is 0.557. The summed E-state index contributed by atoms with van der Waals surface area (Å²) in [4.78, 5) is 2.13. The second kappa shape index (κ2) is 5.25. The van der Waals surface area contributed by atoms with Gasteiger partial charge in [0.15, 0.2) is 0 Å². The van der Waals surface area contributed by atoms with E-state index in [-0.39, 0.29) is 0 Å². The first kappa shape index (κ1) is 12.0. The van der Waals surface area contributed by atoms with Crippen LogP contribution in [-0.2, 0) is 0 Å². The monoisotopic (exact) mass is 288 g/mol. The van der Waals surface area contributed by atoms with Gasteiger partial charge >= 0.3 is 0 Å². The summed E-state index contributed by atoms with van der Waals surface area (Å²) in [5, 5.41) is 9.21. The van der Waals surface area contributed by atoms with Crippen LogP contribution in [0.25, 0.3) is 0 Å². The Labute approximate surface area is 110 Å². The molecule has 0 spiro atoms. The lowest BCUT2D eigenvalue weighted by Crippen LogP contribution is -2.26. The normalized spacial score (nSPS) is 13.8. The summed E-state index contributed by atoms with van der Waals surface area (Å²) in [5.74, 6) is 3.42. The lowest BCUT2D eigenvalue weighted by Gasteiger charge is -2.23. The Kier molecular flexibility index (Phi) is 3.71. The molecular weight excluding hydrogens is 276 g/mol. The molecule has 0 saturated heterocycles. The molecule has 0 atom stereocenters. The van der Waals surface area contributed by atoms with Crippen LogP contribution >= 0.6 is 15.9 Å². The van der Waals surface area contributed by atoms with E-state index < -0.39 is 0 Å². The zero-order valence-corrected chi connectivity index (χ0v) is 11.1. The van der Waals surface area contributed by atoms with Crippen LogP contribution in [0, 0.1) is 29.6 Å². The number of anilines is 1. The van der Waals surface area contributed by atoms with Gasteiger partial charge in [-0.25, -0.2) is 0 Å². The Morgan fingerprint density at radius 3 is 2.82 bits per heavy atom. The number of hydrogen-bond acceptors (Lipinski definition) is 2. The molecule has 0 bridgehead atoms. The van der Waals surface area contributed by atoms with Gasteiger partial charge in [0, 0.05) is 11.0 Å². The lowest BCUT2D eigenvalue weighted by molar-refractivity contribution is 0.764. The van der Waals surface area contributed by atoms with Crippen LogP contribution in [0.5, 0.6) is 0 Å². The van der Waals surface area contributed by atoms with E-state index in [0.717, 1.165) is 22.6 Å². The summed E-state index contributed by atoms with van der Waals surface area (Å²) in [6, 6.07) is 8.02. The summed E-state index contributed by atoms with van der Waals surface area (Å²) in [6.07, 6.45) is 7.96. The van der Waals surface area contributed by atoms with E-state index in [0.29, 0.717) is 12.1 Å². The molecule has 1 aliphatic carbocycles. The molecule has 0 aliphatic heterocycles. The number of terminal acetylenes is 1. The fourth-order valence-electron chi connectivity index (χ4n) is 1.86. The molecule has 17 heavy (non-hydrogen) atoms. The smallest absolute Gasteiger partial charge is 0.103 e. The number of rotatable bonds is 4. The number of nitrogens with zero attached hydrogens (tertiary/aromatic N) is 2. The predicted octanol–water partition coefficient (Wildman–Crippen LogP) is 3.17. The first-order valence-corrected chi connectivity index (χ1v) is 6.42. The zero-order valence-electron chi connectivity index (χ0n) is 9.49. The average molecular weight is 289 g/mol. The van der Waals surface area contributed by atoms with Crippen LogP contribution in [0.4, 0.5) is 5.69 Å². The summed E-state index contributed by atoms with van der Waals surface area (Å²) in [7, 11) is 0. The van der Waals surface area contributed by atoms with E-state index in [1.807, 2.05) is 18.2 Å². The van der Waals surface area contributed by atoms with E-state index >= 15 is 0 Å². The Balaban J connectivity index is 2.31. The topological polar surface area (TPSA) is 27.0 Å². The SMILES string of the molecule is C#CCN(CC1CC1)c1cccc(Br)c1C#N. The molecule has 0 amide bonds. The molecule has 2 nitrogen and oxygen atoms in total. The van der Waals surface area contributed by atoms with Gasteiger partial charge in [-0.15, -0.1) is 6.42 Å². The lowest BCUT2D eigenvalue weighted by atomic mass is 10.1. The summed E-state index contributed by atoms with van der Waals surface area (Å²) >= 11 is 3.41. The number of hydrogen-bond donors (Lipinski definition) is 0. The van der Waals surface area contributed by atoms with Crippen LogP contribution in [-0.4, -0.2) is 13.1 Å². The van der Waals surface area contributed by atoms with Crippen molar-refractivity contribution in [3.05, 3.63) is 28.2 Å². The van der Waals surface area contributed by atoms with Crippen molar-refractivity contribution >= 4 is 21.6 Å². The second-order valence-electron chi connectivity index (χ2n) is 4.27. The van der Waals surface area contributed by atoms with Crippen LogP contribution in [0.3, 0.4) is 0 Å². The minimum Gasteiger partial charge on any atom is -0.359 e. The Morgan fingerprint density at radius 1 is 1.47 bits per heavy atom. The Bertz CT molecular complexity index is 492. The average Bonchev–Trinajstić information content (AvgIpc) is 3.12. The van der Waals surface area contributed by atoms with Crippen molar-refractivity contribution < 1.29 is 0 Å². The molecule has 2 rings (SSSR count). The summed E-state index contributed by atoms with van der Waals surface area (Å²) in [6.45, 7) is 1.51. The highest BCUT2D eigenvalue weighted by Crippen LogP contribution is 2.33. The zero-order chi connectivity index (χ0) is 12.3. The molecule has 1 saturated carbocycles. The summed E-state index contributed by atoms with van der Waals surface area (Å²) in [5.41, 5.74) is 1.61. The van der Waals surface area contributed by atoms with Gasteiger partial charge in [-0.1, -0.05) is 12.0 Å². The number of nitriles is 1. The first-order valence-electron chi connectivity index (χ1n) is 5.63. The molecular formula is C14H13BrN2. The standard InChI is InChI=1S/C14H13BrN2/c1-2-8-17(10-11-6-7-11)14-5-3-4-13(15)12(14)9-16/h1,3-5,11H,6-8,10H2. The third-order valence-electron chi connectivity index (χ3n) is 2.90. The van der Waals surface area contributed by atoms with E-state index in [1.165, 1.54) is 12.8 Å². The van der Waals surface area contributed by atoms with E-state index in [2.05, 4.69) is 32.8 Å². The maximum atomic E-state index is 9.21. The minimum absolute atomic E-state index is 0.557. The van der Waals surface area contributed by atoms with Crippen LogP contribution < -0.4 is 4.90 Å². The molecule has 3 heteroatoms. The van der Waals surface area contributed by atoms with Crippen molar-refractivity contribution in [2.75, 3.05) is 18.0 Å². The molecule has 0 heterocycles. The quantitative estimate of drug-likeness (QED) is 0.796. The largest absolute Gasteiger partial charge is 0.359 e. The molecule has 1 aromatic rings. The maximum Gasteiger partial charge on any atom is 0.103 e. The van der Waals surface area contributed by atoms with Gasteiger partial charge in [0.25, 0.3) is 0 Å². The highest BCUT2D eigenvalue weighted by atomic mass is 79.9. The van der Waals surface area contributed by atoms with Crippen LogP contribution in [0.1, 0.15) is 18.4 Å². The van der Waals surface area contributed by atoms with Crippen LogP contribution in [0.2, 0.25) is 0 Å². The molecule has 1 fully saturated rings. The molecule has 0 radical (unpaired) electrons. The molecule has 0 unspecified atom stereocenters. The highest BCUT2D eigenvalue weighted by molar-refractivity contribution is 9.10. The van der Waals surface area contributed by atoms with Crippen molar-refractivity contribution in [1.29, 1.82) is 5.26 Å². The van der Waals surface area contributed by atoms with Gasteiger partial charge in [0.2, 0.25) is 0 Å². The first-order chi connectivity index (χ1) is 8.26. The molecule has 0 N–H and O–H groups in total. The van der Waals surface area contributed by atoms with Crippen molar-refractivity contribution in [2.45, 2.75) is 12.8 Å². The van der Waals surface area contributed by atoms with Crippen molar-refractivity contribution in [3.63, 3.8) is 0 Å². The van der Waals surface area contributed by atoms with Crippen LogP contribution in [0.15, 0.2) is 22.7 Å². The molecule has 1 aromatic carbocycles. The number of halogens is 1. The van der Waals surface area contributed by atoms with Gasteiger partial charge in [-0.2, -0.15) is 5.26 Å². The number of benzene rings is 1. The van der Waals surface area contributed by atoms with Crippen molar-refractivity contribution in [1.82, 2.24) is 0 Å². The van der Waals surface area contributed by atoms with Gasteiger partial charge in [-0.3, -0.25) is 0 Å². The van der Waals surface area contributed by atoms with Crippen molar-refractivity contribution in [2.24, 2.45) is 5.92 Å². The molecule has 0 aromatic heterocycles. The van der Waals surface area contributed by atoms with E-state index in [4.69, 9.17) is 6.42 Å². The second-order valence-corrected chi connectivity index (χ2v) is 5.13. The fraction of sp³-hybridized carbons (Fsp3) is 0.357. The third kappa shape index (κ3) is 2.81.